The average molecular weight is 418 g/mol. The van der Waals surface area contributed by atoms with Gasteiger partial charge in [0.15, 0.2) is 0 Å². The molecule has 0 fully saturated rings. The summed E-state index contributed by atoms with van der Waals surface area (Å²) in [6, 6.07) is 7.85. The molecule has 0 aliphatic heterocycles. The number of nitrogens with one attached hydrogen (secondary N) is 1. The number of hydrogen-bond donors (Lipinski definition) is 1. The van der Waals surface area contributed by atoms with Gasteiger partial charge in [-0.05, 0) is 51.2 Å². The maximum absolute atomic E-state index is 12.5. The van der Waals surface area contributed by atoms with Gasteiger partial charge < -0.3 is 5.32 Å². The highest BCUT2D eigenvalue weighted by molar-refractivity contribution is 8.02. The van der Waals surface area contributed by atoms with Crippen LogP contribution >= 0.6 is 11.8 Å². The average Bonchev–Trinajstić information content (AvgIpc) is 2.67. The van der Waals surface area contributed by atoms with Gasteiger partial charge in [-0.15, -0.1) is 0 Å². The lowest BCUT2D eigenvalue weighted by molar-refractivity contribution is 0.0916. The topological polar surface area (TPSA) is 29.1 Å². The van der Waals surface area contributed by atoms with Crippen LogP contribution in [0.5, 0.6) is 0 Å². The third kappa shape index (κ3) is 13.6. The number of allylic oxidation sites excluding steroid dienone is 1. The van der Waals surface area contributed by atoms with Crippen molar-refractivity contribution < 1.29 is 4.79 Å². The zero-order chi connectivity index (χ0) is 21.4. The number of carbonyl (C=O) groups excluding carboxylic acids is 1. The van der Waals surface area contributed by atoms with Crippen molar-refractivity contribution in [3.05, 3.63) is 41.3 Å². The summed E-state index contributed by atoms with van der Waals surface area (Å²) in [6.07, 6.45) is 18.6. The SMILES string of the molecule is CCCCCCCCCCCCC/C=C/Sc1ccccc1C(=O)NC(C)(C)C. The molecule has 0 atom stereocenters. The zero-order valence-electron chi connectivity index (χ0n) is 19.3. The Balaban J connectivity index is 2.16. The second-order valence-electron chi connectivity index (χ2n) is 9.01. The molecule has 164 valence electrons. The number of amides is 1. The van der Waals surface area contributed by atoms with Crippen LogP contribution in [0.15, 0.2) is 40.6 Å². The van der Waals surface area contributed by atoms with E-state index in [0.717, 1.165) is 16.9 Å². The van der Waals surface area contributed by atoms with Crippen LogP contribution in [0.1, 0.15) is 115 Å². The second-order valence-corrected chi connectivity index (χ2v) is 9.96. The van der Waals surface area contributed by atoms with E-state index in [1.165, 1.54) is 70.6 Å². The third-order valence-electron chi connectivity index (χ3n) is 4.89. The van der Waals surface area contributed by atoms with Crippen molar-refractivity contribution in [3.63, 3.8) is 0 Å². The van der Waals surface area contributed by atoms with Gasteiger partial charge in [-0.3, -0.25) is 4.79 Å². The molecule has 0 spiro atoms. The molecule has 0 unspecified atom stereocenters. The molecule has 1 amide bonds. The molecule has 2 nitrogen and oxygen atoms in total. The Morgan fingerprint density at radius 1 is 0.897 bits per heavy atom. The number of carbonyl (C=O) groups is 1. The third-order valence-corrected chi connectivity index (χ3v) is 5.82. The molecular weight excluding hydrogens is 374 g/mol. The molecule has 0 heterocycles. The maximum atomic E-state index is 12.5. The largest absolute Gasteiger partial charge is 0.347 e. The lowest BCUT2D eigenvalue weighted by Crippen LogP contribution is -2.40. The molecule has 1 aromatic carbocycles. The fraction of sp³-hybridized carbons (Fsp3) is 0.654. The van der Waals surface area contributed by atoms with Crippen LogP contribution in [-0.2, 0) is 0 Å². The lowest BCUT2D eigenvalue weighted by Gasteiger charge is -2.21. The Kier molecular flexibility index (Phi) is 13.9. The fourth-order valence-corrected chi connectivity index (χ4v) is 4.10. The van der Waals surface area contributed by atoms with Gasteiger partial charge in [0, 0.05) is 10.4 Å². The predicted octanol–water partition coefficient (Wildman–Crippen LogP) is 8.52. The van der Waals surface area contributed by atoms with Crippen LogP contribution < -0.4 is 5.32 Å². The molecule has 1 N–H and O–H groups in total. The summed E-state index contributed by atoms with van der Waals surface area (Å²) in [7, 11) is 0. The molecule has 0 bridgehead atoms. The van der Waals surface area contributed by atoms with Crippen LogP contribution in [0.4, 0.5) is 0 Å². The van der Waals surface area contributed by atoms with E-state index < -0.39 is 0 Å². The molecule has 29 heavy (non-hydrogen) atoms. The molecule has 0 saturated carbocycles. The van der Waals surface area contributed by atoms with Crippen molar-refractivity contribution in [1.82, 2.24) is 5.32 Å². The number of benzene rings is 1. The van der Waals surface area contributed by atoms with E-state index in [2.05, 4.69) is 23.7 Å². The summed E-state index contributed by atoms with van der Waals surface area (Å²) in [4.78, 5) is 13.5. The van der Waals surface area contributed by atoms with E-state index in [9.17, 15) is 4.79 Å². The first-order valence-corrected chi connectivity index (χ1v) is 12.5. The first-order chi connectivity index (χ1) is 13.9. The predicted molar refractivity (Wildman–Crippen MR) is 130 cm³/mol. The number of unbranched alkanes of at least 4 members (excludes halogenated alkanes) is 11. The van der Waals surface area contributed by atoms with Crippen LogP contribution in [0.3, 0.4) is 0 Å². The zero-order valence-corrected chi connectivity index (χ0v) is 20.1. The summed E-state index contributed by atoms with van der Waals surface area (Å²) in [5.41, 5.74) is 0.534. The van der Waals surface area contributed by atoms with Crippen molar-refractivity contribution in [1.29, 1.82) is 0 Å². The Bertz CT molecular complexity index is 589. The van der Waals surface area contributed by atoms with Gasteiger partial charge in [0.1, 0.15) is 0 Å². The minimum Gasteiger partial charge on any atom is -0.347 e. The highest BCUT2D eigenvalue weighted by Gasteiger charge is 2.17. The number of hydrogen-bond acceptors (Lipinski definition) is 2. The number of rotatable bonds is 15. The van der Waals surface area contributed by atoms with E-state index in [0.29, 0.717) is 0 Å². The molecule has 0 saturated heterocycles. The summed E-state index contributed by atoms with van der Waals surface area (Å²) < 4.78 is 0. The summed E-state index contributed by atoms with van der Waals surface area (Å²) >= 11 is 1.64. The second kappa shape index (κ2) is 15.6. The first-order valence-electron chi connectivity index (χ1n) is 11.7. The standard InChI is InChI=1S/C26H43NOS/c1-5-6-7-8-9-10-11-12-13-14-15-16-19-22-29-24-21-18-17-20-23(24)25(28)27-26(2,3)4/h17-22H,5-16H2,1-4H3,(H,27,28)/b22-19+. The normalized spacial score (nSPS) is 11.9. The molecule has 0 radical (unpaired) electrons. The van der Waals surface area contributed by atoms with Gasteiger partial charge in [-0.25, -0.2) is 0 Å². The van der Waals surface area contributed by atoms with Gasteiger partial charge in [0.2, 0.25) is 0 Å². The number of thioether (sulfide) groups is 1. The summed E-state index contributed by atoms with van der Waals surface area (Å²) in [6.45, 7) is 8.30. The molecule has 1 aromatic rings. The minimum atomic E-state index is -0.222. The quantitative estimate of drug-likeness (QED) is 0.229. The van der Waals surface area contributed by atoms with E-state index >= 15 is 0 Å². The smallest absolute Gasteiger partial charge is 0.252 e. The molecule has 0 aliphatic rings. The molecular formula is C26H43NOS. The van der Waals surface area contributed by atoms with Crippen molar-refractivity contribution in [2.45, 2.75) is 115 Å². The van der Waals surface area contributed by atoms with Gasteiger partial charge in [-0.1, -0.05) is 101 Å². The molecule has 0 aliphatic carbocycles. The minimum absolute atomic E-state index is 0.000589. The highest BCUT2D eigenvalue weighted by Crippen LogP contribution is 2.24. The van der Waals surface area contributed by atoms with Crippen LogP contribution in [0.2, 0.25) is 0 Å². The van der Waals surface area contributed by atoms with Gasteiger partial charge in [-0.2, -0.15) is 0 Å². The Labute approximate surface area is 184 Å². The highest BCUT2D eigenvalue weighted by atomic mass is 32.2. The monoisotopic (exact) mass is 417 g/mol. The van der Waals surface area contributed by atoms with Gasteiger partial charge in [0.25, 0.3) is 5.91 Å². The van der Waals surface area contributed by atoms with Crippen molar-refractivity contribution in [2.75, 3.05) is 0 Å². The molecule has 1 rings (SSSR count). The van der Waals surface area contributed by atoms with Crippen LogP contribution in [0, 0.1) is 0 Å². The summed E-state index contributed by atoms with van der Waals surface area (Å²) in [5, 5.41) is 5.19. The molecule has 0 aromatic heterocycles. The first kappa shape index (κ1) is 25.8. The Morgan fingerprint density at radius 2 is 1.45 bits per heavy atom. The van der Waals surface area contributed by atoms with E-state index in [1.807, 2.05) is 45.0 Å². The lowest BCUT2D eigenvalue weighted by atomic mass is 10.1. The van der Waals surface area contributed by atoms with Crippen molar-refractivity contribution in [2.24, 2.45) is 0 Å². The molecule has 3 heteroatoms. The Morgan fingerprint density at radius 3 is 2.03 bits per heavy atom. The summed E-state index contributed by atoms with van der Waals surface area (Å²) in [5.74, 6) is -0.000589. The Hall–Kier alpha value is -1.22. The van der Waals surface area contributed by atoms with Crippen molar-refractivity contribution >= 4 is 17.7 Å². The van der Waals surface area contributed by atoms with E-state index in [1.54, 1.807) is 11.8 Å². The van der Waals surface area contributed by atoms with E-state index in [-0.39, 0.29) is 11.4 Å². The maximum Gasteiger partial charge on any atom is 0.252 e. The van der Waals surface area contributed by atoms with Crippen LogP contribution in [-0.4, -0.2) is 11.4 Å². The van der Waals surface area contributed by atoms with E-state index in [4.69, 9.17) is 0 Å². The van der Waals surface area contributed by atoms with Crippen LogP contribution in [0.25, 0.3) is 0 Å². The van der Waals surface area contributed by atoms with Gasteiger partial charge in [0.05, 0.1) is 5.56 Å². The fourth-order valence-electron chi connectivity index (χ4n) is 3.28. The van der Waals surface area contributed by atoms with Gasteiger partial charge >= 0.3 is 0 Å². The van der Waals surface area contributed by atoms with Crippen molar-refractivity contribution in [3.8, 4) is 0 Å².